The third-order valence-corrected chi connectivity index (χ3v) is 6.77. The van der Waals surface area contributed by atoms with Gasteiger partial charge in [0.2, 0.25) is 10.0 Å². The summed E-state index contributed by atoms with van der Waals surface area (Å²) < 4.78 is 29.9. The molecule has 0 saturated heterocycles. The van der Waals surface area contributed by atoms with Gasteiger partial charge in [0.25, 0.3) is 5.91 Å². The minimum atomic E-state index is -3.59. The van der Waals surface area contributed by atoms with E-state index in [0.29, 0.717) is 5.56 Å². The highest BCUT2D eigenvalue weighted by atomic mass is 32.2. The van der Waals surface area contributed by atoms with Crippen LogP contribution in [0.2, 0.25) is 0 Å². The Morgan fingerprint density at radius 3 is 2.30 bits per heavy atom. The van der Waals surface area contributed by atoms with Crippen molar-refractivity contribution in [3.05, 3.63) is 45.8 Å². The number of carbonyl (C=O) groups excluding carboxylic acids is 2. The van der Waals surface area contributed by atoms with Gasteiger partial charge in [-0.25, -0.2) is 17.5 Å². The van der Waals surface area contributed by atoms with Crippen molar-refractivity contribution in [3.8, 4) is 6.07 Å². The highest BCUT2D eigenvalue weighted by Crippen LogP contribution is 2.33. The molecule has 0 aliphatic heterocycles. The molecular weight excluding hydrogens is 390 g/mol. The largest absolute Gasteiger partial charge is 0.465 e. The SMILES string of the molecule is COC(=O)c1sc(NC(=O)c2ccc(S(=O)(=O)N(C)C)cc2)c(C#N)c1C. The lowest BCUT2D eigenvalue weighted by Gasteiger charge is -2.11. The van der Waals surface area contributed by atoms with Crippen LogP contribution in [-0.2, 0) is 14.8 Å². The fraction of sp³-hybridized carbons (Fsp3) is 0.235. The summed E-state index contributed by atoms with van der Waals surface area (Å²) in [5.41, 5.74) is 0.819. The van der Waals surface area contributed by atoms with Crippen LogP contribution in [0.4, 0.5) is 5.00 Å². The Morgan fingerprint density at radius 2 is 1.81 bits per heavy atom. The van der Waals surface area contributed by atoms with Gasteiger partial charge in [-0.3, -0.25) is 4.79 Å². The van der Waals surface area contributed by atoms with Gasteiger partial charge in [0.05, 0.1) is 17.6 Å². The van der Waals surface area contributed by atoms with Crippen LogP contribution in [0.1, 0.15) is 31.2 Å². The maximum atomic E-state index is 12.4. The number of carbonyl (C=O) groups is 2. The van der Waals surface area contributed by atoms with Crippen molar-refractivity contribution in [2.24, 2.45) is 0 Å². The minimum Gasteiger partial charge on any atom is -0.465 e. The van der Waals surface area contributed by atoms with Gasteiger partial charge in [0.1, 0.15) is 15.9 Å². The van der Waals surface area contributed by atoms with Gasteiger partial charge in [0.15, 0.2) is 0 Å². The second kappa shape index (κ2) is 7.87. The first-order chi connectivity index (χ1) is 12.6. The monoisotopic (exact) mass is 407 g/mol. The molecule has 27 heavy (non-hydrogen) atoms. The Kier molecular flexibility index (Phi) is 6.00. The molecule has 0 bridgehead atoms. The van der Waals surface area contributed by atoms with Crippen molar-refractivity contribution in [2.75, 3.05) is 26.5 Å². The first-order valence-electron chi connectivity index (χ1n) is 7.59. The summed E-state index contributed by atoms with van der Waals surface area (Å²) >= 11 is 0.946. The molecule has 8 nitrogen and oxygen atoms in total. The fourth-order valence-corrected chi connectivity index (χ4v) is 4.16. The lowest BCUT2D eigenvalue weighted by molar-refractivity contribution is 0.0605. The number of nitriles is 1. The zero-order valence-corrected chi connectivity index (χ0v) is 16.7. The second-order valence-corrected chi connectivity index (χ2v) is 8.80. The number of benzene rings is 1. The lowest BCUT2D eigenvalue weighted by atomic mass is 10.1. The number of thiophene rings is 1. The highest BCUT2D eigenvalue weighted by molar-refractivity contribution is 7.89. The number of anilines is 1. The van der Waals surface area contributed by atoms with Crippen LogP contribution in [-0.4, -0.2) is 45.8 Å². The van der Waals surface area contributed by atoms with Gasteiger partial charge < -0.3 is 10.1 Å². The van der Waals surface area contributed by atoms with Gasteiger partial charge in [-0.2, -0.15) is 5.26 Å². The van der Waals surface area contributed by atoms with E-state index in [1.54, 1.807) is 6.92 Å². The maximum absolute atomic E-state index is 12.4. The van der Waals surface area contributed by atoms with Gasteiger partial charge in [-0.15, -0.1) is 11.3 Å². The summed E-state index contributed by atoms with van der Waals surface area (Å²) in [6.07, 6.45) is 0. The van der Waals surface area contributed by atoms with E-state index < -0.39 is 21.9 Å². The molecule has 0 saturated carbocycles. The Bertz CT molecular complexity index is 1030. The maximum Gasteiger partial charge on any atom is 0.348 e. The Balaban J connectivity index is 2.31. The van der Waals surface area contributed by atoms with E-state index in [1.807, 2.05) is 6.07 Å². The molecule has 0 aliphatic carbocycles. The van der Waals surface area contributed by atoms with Crippen molar-refractivity contribution in [3.63, 3.8) is 0 Å². The second-order valence-electron chi connectivity index (χ2n) is 5.63. The lowest BCUT2D eigenvalue weighted by Crippen LogP contribution is -2.22. The van der Waals surface area contributed by atoms with E-state index in [9.17, 15) is 23.3 Å². The molecule has 10 heteroatoms. The topological polar surface area (TPSA) is 117 Å². The molecule has 1 N–H and O–H groups in total. The average molecular weight is 407 g/mol. The molecule has 0 aliphatic rings. The summed E-state index contributed by atoms with van der Waals surface area (Å²) in [6.45, 7) is 1.60. The number of methoxy groups -OCH3 is 1. The summed E-state index contributed by atoms with van der Waals surface area (Å²) in [6, 6.07) is 7.37. The molecular formula is C17H17N3O5S2. The highest BCUT2D eigenvalue weighted by Gasteiger charge is 2.23. The van der Waals surface area contributed by atoms with Gasteiger partial charge in [-0.1, -0.05) is 0 Å². The zero-order chi connectivity index (χ0) is 20.4. The number of nitrogens with one attached hydrogen (secondary N) is 1. The molecule has 142 valence electrons. The van der Waals surface area contributed by atoms with Gasteiger partial charge in [0, 0.05) is 19.7 Å². The number of hydrogen-bond acceptors (Lipinski definition) is 7. The number of nitrogens with zero attached hydrogens (tertiary/aromatic N) is 2. The van der Waals surface area contributed by atoms with Crippen molar-refractivity contribution < 1.29 is 22.7 Å². The molecule has 0 unspecified atom stereocenters. The third-order valence-electron chi connectivity index (χ3n) is 3.75. The Hall–Kier alpha value is -2.74. The zero-order valence-electron chi connectivity index (χ0n) is 15.1. The molecule has 2 rings (SSSR count). The first kappa shape index (κ1) is 20.6. The Labute approximate surface area is 161 Å². The number of amides is 1. The predicted octanol–water partition coefficient (Wildman–Crippen LogP) is 2.22. The van der Waals surface area contributed by atoms with Crippen LogP contribution in [0, 0.1) is 18.3 Å². The van der Waals surface area contributed by atoms with E-state index in [2.05, 4.69) is 10.1 Å². The summed E-state index contributed by atoms with van der Waals surface area (Å²) in [5.74, 6) is -1.12. The number of hydrogen-bond donors (Lipinski definition) is 1. The summed E-state index contributed by atoms with van der Waals surface area (Å²) in [4.78, 5) is 24.5. The van der Waals surface area contributed by atoms with E-state index in [1.165, 1.54) is 45.5 Å². The van der Waals surface area contributed by atoms with Crippen molar-refractivity contribution in [1.82, 2.24) is 4.31 Å². The van der Waals surface area contributed by atoms with E-state index in [-0.39, 0.29) is 25.9 Å². The standard InChI is InChI=1S/C17H17N3O5S2/c1-10-13(9-18)16(26-14(10)17(22)25-4)19-15(21)11-5-7-12(8-6-11)27(23,24)20(2)3/h5-8H,1-4H3,(H,19,21). The number of ether oxygens (including phenoxy) is 1. The van der Waals surface area contributed by atoms with Crippen LogP contribution < -0.4 is 5.32 Å². The molecule has 0 radical (unpaired) electrons. The Morgan fingerprint density at radius 1 is 1.22 bits per heavy atom. The average Bonchev–Trinajstić information content (AvgIpc) is 2.96. The molecule has 1 amide bonds. The normalized spacial score (nSPS) is 11.1. The van der Waals surface area contributed by atoms with Crippen LogP contribution in [0.25, 0.3) is 0 Å². The molecule has 0 spiro atoms. The smallest absolute Gasteiger partial charge is 0.348 e. The number of rotatable bonds is 5. The minimum absolute atomic E-state index is 0.0571. The predicted molar refractivity (Wildman–Crippen MR) is 100 cm³/mol. The summed E-state index contributed by atoms with van der Waals surface area (Å²) in [5, 5.41) is 12.1. The van der Waals surface area contributed by atoms with Crippen LogP contribution in [0.5, 0.6) is 0 Å². The van der Waals surface area contributed by atoms with Gasteiger partial charge in [-0.05, 0) is 36.8 Å². The third kappa shape index (κ3) is 4.00. The van der Waals surface area contributed by atoms with E-state index in [4.69, 9.17) is 0 Å². The van der Waals surface area contributed by atoms with Crippen LogP contribution in [0.15, 0.2) is 29.2 Å². The van der Waals surface area contributed by atoms with Gasteiger partial charge >= 0.3 is 5.97 Å². The van der Waals surface area contributed by atoms with Crippen LogP contribution in [0.3, 0.4) is 0 Å². The molecule has 1 heterocycles. The van der Waals surface area contributed by atoms with Crippen molar-refractivity contribution >= 4 is 38.2 Å². The van der Waals surface area contributed by atoms with E-state index in [0.717, 1.165) is 15.6 Å². The molecule has 2 aromatic rings. The van der Waals surface area contributed by atoms with Crippen LogP contribution >= 0.6 is 11.3 Å². The van der Waals surface area contributed by atoms with Crippen molar-refractivity contribution in [1.29, 1.82) is 5.26 Å². The van der Waals surface area contributed by atoms with E-state index >= 15 is 0 Å². The molecule has 0 atom stereocenters. The quantitative estimate of drug-likeness (QED) is 0.760. The molecule has 0 fully saturated rings. The first-order valence-corrected chi connectivity index (χ1v) is 9.84. The fourth-order valence-electron chi connectivity index (χ4n) is 2.19. The number of esters is 1. The van der Waals surface area contributed by atoms with Crippen molar-refractivity contribution in [2.45, 2.75) is 11.8 Å². The molecule has 1 aromatic carbocycles. The molecule has 1 aromatic heterocycles. The summed E-state index contributed by atoms with van der Waals surface area (Å²) in [7, 11) is 0.465. The number of sulfonamides is 1.